The molecule has 0 atom stereocenters. The SMILES string of the molecule is C=CCC1(CC=C)OCc2ccccc21. The van der Waals surface area contributed by atoms with Crippen LogP contribution in [0.2, 0.25) is 0 Å². The van der Waals surface area contributed by atoms with Crippen molar-refractivity contribution in [3.63, 3.8) is 0 Å². The number of rotatable bonds is 4. The lowest BCUT2D eigenvalue weighted by Gasteiger charge is -2.27. The van der Waals surface area contributed by atoms with Crippen LogP contribution in [0, 0.1) is 0 Å². The molecule has 1 heterocycles. The van der Waals surface area contributed by atoms with Crippen LogP contribution in [0.1, 0.15) is 24.0 Å². The molecule has 1 aromatic rings. The minimum absolute atomic E-state index is 0.208. The fourth-order valence-electron chi connectivity index (χ4n) is 2.27. The van der Waals surface area contributed by atoms with Crippen molar-refractivity contribution in [1.82, 2.24) is 0 Å². The van der Waals surface area contributed by atoms with Gasteiger partial charge in [0, 0.05) is 0 Å². The summed E-state index contributed by atoms with van der Waals surface area (Å²) in [6.07, 6.45) is 5.53. The molecule has 0 saturated carbocycles. The second kappa shape index (κ2) is 4.03. The first-order valence-corrected chi connectivity index (χ1v) is 5.26. The third-order valence-electron chi connectivity index (χ3n) is 2.96. The Morgan fingerprint density at radius 2 is 1.87 bits per heavy atom. The van der Waals surface area contributed by atoms with E-state index in [0.29, 0.717) is 6.61 Å². The Hall–Kier alpha value is -1.34. The van der Waals surface area contributed by atoms with Crippen LogP contribution in [0.25, 0.3) is 0 Å². The molecule has 0 aliphatic carbocycles. The molecule has 0 aromatic heterocycles. The summed E-state index contributed by atoms with van der Waals surface area (Å²) in [6.45, 7) is 8.33. The molecule has 15 heavy (non-hydrogen) atoms. The lowest BCUT2D eigenvalue weighted by Crippen LogP contribution is -2.23. The standard InChI is InChI=1S/C14H16O/c1-3-9-14(10-4-2)13-8-6-5-7-12(13)11-15-14/h3-8H,1-2,9-11H2. The average Bonchev–Trinajstić information content (AvgIpc) is 2.60. The first kappa shape index (κ1) is 10.2. The predicted octanol–water partition coefficient (Wildman–Crippen LogP) is 3.56. The topological polar surface area (TPSA) is 9.23 Å². The van der Waals surface area contributed by atoms with Gasteiger partial charge in [-0.1, -0.05) is 36.4 Å². The quantitative estimate of drug-likeness (QED) is 0.675. The first-order valence-electron chi connectivity index (χ1n) is 5.26. The van der Waals surface area contributed by atoms with E-state index in [1.807, 2.05) is 12.2 Å². The van der Waals surface area contributed by atoms with Crippen LogP contribution in [0.3, 0.4) is 0 Å². The van der Waals surface area contributed by atoms with Crippen LogP contribution in [0.4, 0.5) is 0 Å². The molecule has 0 unspecified atom stereocenters. The van der Waals surface area contributed by atoms with Gasteiger partial charge in [0.25, 0.3) is 0 Å². The van der Waals surface area contributed by atoms with E-state index >= 15 is 0 Å². The predicted molar refractivity (Wildman–Crippen MR) is 62.5 cm³/mol. The summed E-state index contributed by atoms with van der Waals surface area (Å²) in [6, 6.07) is 8.40. The number of benzene rings is 1. The maximum absolute atomic E-state index is 5.95. The van der Waals surface area contributed by atoms with Gasteiger partial charge >= 0.3 is 0 Å². The molecule has 1 aliphatic heterocycles. The molecule has 0 fully saturated rings. The van der Waals surface area contributed by atoms with E-state index in [4.69, 9.17) is 4.74 Å². The fourth-order valence-corrected chi connectivity index (χ4v) is 2.27. The smallest absolute Gasteiger partial charge is 0.101 e. The van der Waals surface area contributed by atoms with Crippen LogP contribution in [0.15, 0.2) is 49.6 Å². The van der Waals surface area contributed by atoms with E-state index in [9.17, 15) is 0 Å². The summed E-state index contributed by atoms with van der Waals surface area (Å²) in [7, 11) is 0. The van der Waals surface area contributed by atoms with E-state index in [-0.39, 0.29) is 5.60 Å². The van der Waals surface area contributed by atoms with Crippen LogP contribution >= 0.6 is 0 Å². The van der Waals surface area contributed by atoms with Gasteiger partial charge in [0.15, 0.2) is 0 Å². The number of hydrogen-bond donors (Lipinski definition) is 0. The Morgan fingerprint density at radius 1 is 1.20 bits per heavy atom. The van der Waals surface area contributed by atoms with Gasteiger partial charge in [0.2, 0.25) is 0 Å². The summed E-state index contributed by atoms with van der Waals surface area (Å²) in [5, 5.41) is 0. The van der Waals surface area contributed by atoms with Crippen molar-refractivity contribution < 1.29 is 4.74 Å². The molecule has 78 valence electrons. The Balaban J connectivity index is 2.43. The van der Waals surface area contributed by atoms with Crippen molar-refractivity contribution in [1.29, 1.82) is 0 Å². The lowest BCUT2D eigenvalue weighted by atomic mass is 9.86. The fraction of sp³-hybridized carbons (Fsp3) is 0.286. The molecule has 1 heteroatoms. The minimum atomic E-state index is -0.208. The van der Waals surface area contributed by atoms with Gasteiger partial charge in [0.05, 0.1) is 6.61 Å². The molecule has 0 N–H and O–H groups in total. The second-order valence-corrected chi connectivity index (χ2v) is 3.93. The highest BCUT2D eigenvalue weighted by atomic mass is 16.5. The lowest BCUT2D eigenvalue weighted by molar-refractivity contribution is -0.0335. The van der Waals surface area contributed by atoms with Gasteiger partial charge < -0.3 is 4.74 Å². The van der Waals surface area contributed by atoms with Crippen LogP contribution in [0.5, 0.6) is 0 Å². The number of hydrogen-bond acceptors (Lipinski definition) is 1. The molecule has 1 aromatic carbocycles. The van der Waals surface area contributed by atoms with Crippen molar-refractivity contribution in [2.45, 2.75) is 25.0 Å². The van der Waals surface area contributed by atoms with Gasteiger partial charge in [-0.2, -0.15) is 0 Å². The summed E-state index contributed by atoms with van der Waals surface area (Å²) in [5.74, 6) is 0. The second-order valence-electron chi connectivity index (χ2n) is 3.93. The van der Waals surface area contributed by atoms with E-state index in [1.165, 1.54) is 11.1 Å². The van der Waals surface area contributed by atoms with Crippen molar-refractivity contribution >= 4 is 0 Å². The Kier molecular flexibility index (Phi) is 2.74. The highest BCUT2D eigenvalue weighted by Crippen LogP contribution is 2.42. The summed E-state index contributed by atoms with van der Waals surface area (Å²) in [4.78, 5) is 0. The summed E-state index contributed by atoms with van der Waals surface area (Å²) in [5.41, 5.74) is 2.38. The average molecular weight is 200 g/mol. The van der Waals surface area contributed by atoms with Crippen molar-refractivity contribution in [3.8, 4) is 0 Å². The minimum Gasteiger partial charge on any atom is -0.365 e. The maximum Gasteiger partial charge on any atom is 0.101 e. The van der Waals surface area contributed by atoms with E-state index in [2.05, 4.69) is 37.4 Å². The highest BCUT2D eigenvalue weighted by molar-refractivity contribution is 5.36. The maximum atomic E-state index is 5.95. The van der Waals surface area contributed by atoms with Crippen molar-refractivity contribution in [2.24, 2.45) is 0 Å². The molecule has 0 amide bonds. The van der Waals surface area contributed by atoms with E-state index < -0.39 is 0 Å². The number of fused-ring (bicyclic) bond motifs is 1. The Morgan fingerprint density at radius 3 is 2.53 bits per heavy atom. The molecule has 1 aliphatic rings. The van der Waals surface area contributed by atoms with E-state index in [1.54, 1.807) is 0 Å². The molecule has 0 spiro atoms. The molecule has 2 rings (SSSR count). The highest BCUT2D eigenvalue weighted by Gasteiger charge is 2.37. The van der Waals surface area contributed by atoms with Gasteiger partial charge in [-0.05, 0) is 24.0 Å². The van der Waals surface area contributed by atoms with E-state index in [0.717, 1.165) is 12.8 Å². The molecular formula is C14H16O. The molecule has 0 bridgehead atoms. The zero-order valence-electron chi connectivity index (χ0n) is 8.91. The van der Waals surface area contributed by atoms with Gasteiger partial charge in [0.1, 0.15) is 5.60 Å². The monoisotopic (exact) mass is 200 g/mol. The zero-order chi connectivity index (χ0) is 10.7. The third kappa shape index (κ3) is 1.64. The third-order valence-corrected chi connectivity index (χ3v) is 2.96. The normalized spacial score (nSPS) is 17.1. The number of ether oxygens (including phenoxy) is 1. The molecule has 0 radical (unpaired) electrons. The molecule has 1 nitrogen and oxygen atoms in total. The van der Waals surface area contributed by atoms with Gasteiger partial charge in [-0.25, -0.2) is 0 Å². The summed E-state index contributed by atoms with van der Waals surface area (Å²) >= 11 is 0. The Bertz CT molecular complexity index is 369. The van der Waals surface area contributed by atoms with Crippen LogP contribution < -0.4 is 0 Å². The summed E-state index contributed by atoms with van der Waals surface area (Å²) < 4.78 is 5.95. The Labute approximate surface area is 91.1 Å². The van der Waals surface area contributed by atoms with Crippen LogP contribution in [-0.4, -0.2) is 0 Å². The largest absolute Gasteiger partial charge is 0.365 e. The zero-order valence-corrected chi connectivity index (χ0v) is 8.91. The van der Waals surface area contributed by atoms with Gasteiger partial charge in [-0.3, -0.25) is 0 Å². The first-order chi connectivity index (χ1) is 7.32. The van der Waals surface area contributed by atoms with Crippen molar-refractivity contribution in [3.05, 3.63) is 60.7 Å². The van der Waals surface area contributed by atoms with Crippen LogP contribution in [-0.2, 0) is 16.9 Å². The van der Waals surface area contributed by atoms with Crippen molar-refractivity contribution in [2.75, 3.05) is 0 Å². The molecule has 0 saturated heterocycles. The van der Waals surface area contributed by atoms with Gasteiger partial charge in [-0.15, -0.1) is 13.2 Å². The molecular weight excluding hydrogens is 184 g/mol.